The van der Waals surface area contributed by atoms with E-state index >= 15 is 0 Å². The first-order valence-electron chi connectivity index (χ1n) is 13.2. The Morgan fingerprint density at radius 1 is 1.14 bits per heavy atom. The Morgan fingerprint density at radius 2 is 1.84 bits per heavy atom. The molecule has 2 heterocycles. The highest BCUT2D eigenvalue weighted by molar-refractivity contribution is 6.30. The van der Waals surface area contributed by atoms with E-state index in [1.807, 2.05) is 48.5 Å². The Kier molecular flexibility index (Phi) is 8.99. The van der Waals surface area contributed by atoms with Crippen molar-refractivity contribution in [1.82, 2.24) is 10.2 Å². The number of ketones is 1. The number of carbonyl (C=O) groups is 1. The lowest BCUT2D eigenvalue weighted by Crippen LogP contribution is -2.44. The van der Waals surface area contributed by atoms with Crippen LogP contribution in [0.1, 0.15) is 57.1 Å². The number of benzene rings is 2. The van der Waals surface area contributed by atoms with Crippen LogP contribution in [0, 0.1) is 16.7 Å². The third kappa shape index (κ3) is 6.38. The largest absolute Gasteiger partial charge is 0.379 e. The zero-order valence-electron chi connectivity index (χ0n) is 22.0. The molecule has 1 N–H and O–H groups in total. The number of morpholine rings is 1. The van der Waals surface area contributed by atoms with E-state index in [-0.39, 0.29) is 23.2 Å². The van der Waals surface area contributed by atoms with Crippen LogP contribution in [0.25, 0.3) is 0 Å². The highest BCUT2D eigenvalue weighted by Crippen LogP contribution is 2.51. The number of nitrogens with one attached hydrogen (secondary N) is 1. The van der Waals surface area contributed by atoms with Crippen LogP contribution in [0.2, 0.25) is 10.0 Å². The summed E-state index contributed by atoms with van der Waals surface area (Å²) in [5, 5.41) is 15.9. The SMILES string of the molecule is CC(C)(C)C[C@@H]1N[C@@H](C(=O)CCCN2CCOCC2)[C@H](c2cccc(Cl)c2)[C@@]1(C#N)c1ccc(Cl)cc1. The number of halogens is 2. The van der Waals surface area contributed by atoms with Crippen LogP contribution in [-0.4, -0.2) is 55.6 Å². The fourth-order valence-electron chi connectivity index (χ4n) is 5.97. The lowest BCUT2D eigenvalue weighted by molar-refractivity contribution is -0.121. The zero-order chi connectivity index (χ0) is 26.6. The summed E-state index contributed by atoms with van der Waals surface area (Å²) in [6, 6.07) is 17.2. The van der Waals surface area contributed by atoms with Gasteiger partial charge in [0.15, 0.2) is 5.78 Å². The van der Waals surface area contributed by atoms with E-state index in [2.05, 4.69) is 37.1 Å². The number of hydrogen-bond acceptors (Lipinski definition) is 5. The molecule has 0 bridgehead atoms. The van der Waals surface area contributed by atoms with Crippen LogP contribution in [0.4, 0.5) is 0 Å². The Bertz CT molecular complexity index is 1120. The molecule has 198 valence electrons. The molecule has 0 amide bonds. The Hall–Kier alpha value is -1.94. The standard InChI is InChI=1S/C30H37Cl2N3O2/c1-29(2,3)19-26-30(20-33,22-9-11-23(31)12-10-22)27(21-6-4-7-24(32)18-21)28(34-26)25(36)8-5-13-35-14-16-37-17-15-35/h4,6-7,9-12,18,26-28,34H,5,8,13-17,19H2,1-3H3/t26-,27-,28-,30-/m0/s1. The van der Waals surface area contributed by atoms with E-state index < -0.39 is 11.5 Å². The molecule has 5 nitrogen and oxygen atoms in total. The average Bonchev–Trinajstić information content (AvgIpc) is 3.18. The lowest BCUT2D eigenvalue weighted by atomic mass is 9.62. The van der Waals surface area contributed by atoms with Gasteiger partial charge in [0.05, 0.1) is 25.3 Å². The van der Waals surface area contributed by atoms with E-state index in [1.54, 1.807) is 0 Å². The molecule has 0 spiro atoms. The number of ether oxygens (including phenoxy) is 1. The van der Waals surface area contributed by atoms with Gasteiger partial charge in [-0.05, 0) is 60.2 Å². The van der Waals surface area contributed by atoms with E-state index in [4.69, 9.17) is 27.9 Å². The molecule has 0 unspecified atom stereocenters. The third-order valence-corrected chi connectivity index (χ3v) is 8.12. The maximum atomic E-state index is 13.9. The van der Waals surface area contributed by atoms with Crippen LogP contribution in [-0.2, 0) is 14.9 Å². The summed E-state index contributed by atoms with van der Waals surface area (Å²) in [5.41, 5.74) is 0.751. The molecule has 0 radical (unpaired) electrons. The molecule has 37 heavy (non-hydrogen) atoms. The fraction of sp³-hybridized carbons (Fsp3) is 0.533. The molecule has 2 aliphatic heterocycles. The second kappa shape index (κ2) is 11.8. The van der Waals surface area contributed by atoms with Gasteiger partial charge in [0.1, 0.15) is 5.41 Å². The number of nitriles is 1. The minimum atomic E-state index is -0.965. The molecular formula is C30H37Cl2N3O2. The summed E-state index contributed by atoms with van der Waals surface area (Å²) >= 11 is 12.7. The van der Waals surface area contributed by atoms with Crippen LogP contribution in [0.5, 0.6) is 0 Å². The summed E-state index contributed by atoms with van der Waals surface area (Å²) in [4.78, 5) is 16.2. The number of nitrogens with zero attached hydrogens (tertiary/aromatic N) is 2. The normalized spacial score (nSPS) is 26.6. The second-order valence-corrected chi connectivity index (χ2v) is 12.4. The molecule has 2 aliphatic rings. The molecule has 4 rings (SSSR count). The van der Waals surface area contributed by atoms with E-state index in [1.165, 1.54) is 0 Å². The molecule has 7 heteroatoms. The van der Waals surface area contributed by atoms with Crippen molar-refractivity contribution in [3.05, 3.63) is 69.7 Å². The van der Waals surface area contributed by atoms with Crippen molar-refractivity contribution in [3.63, 3.8) is 0 Å². The van der Waals surface area contributed by atoms with Gasteiger partial charge in [-0.15, -0.1) is 0 Å². The van der Waals surface area contributed by atoms with Crippen molar-refractivity contribution in [2.45, 2.75) is 63.5 Å². The van der Waals surface area contributed by atoms with Crippen molar-refractivity contribution in [3.8, 4) is 6.07 Å². The van der Waals surface area contributed by atoms with E-state index in [0.717, 1.165) is 56.8 Å². The molecule has 0 aromatic heterocycles. The minimum Gasteiger partial charge on any atom is -0.379 e. The number of carbonyl (C=O) groups excluding carboxylic acids is 1. The van der Waals surface area contributed by atoms with Gasteiger partial charge in [0.25, 0.3) is 0 Å². The highest BCUT2D eigenvalue weighted by atomic mass is 35.5. The summed E-state index contributed by atoms with van der Waals surface area (Å²) < 4.78 is 5.45. The van der Waals surface area contributed by atoms with Gasteiger partial charge in [-0.2, -0.15) is 5.26 Å². The molecule has 4 atom stereocenters. The van der Waals surface area contributed by atoms with Gasteiger partial charge >= 0.3 is 0 Å². The lowest BCUT2D eigenvalue weighted by Gasteiger charge is -2.37. The highest BCUT2D eigenvalue weighted by Gasteiger charge is 2.59. The number of rotatable bonds is 8. The van der Waals surface area contributed by atoms with Gasteiger partial charge in [-0.25, -0.2) is 0 Å². The average molecular weight is 543 g/mol. The first-order valence-corrected chi connectivity index (χ1v) is 13.9. The van der Waals surface area contributed by atoms with Crippen molar-refractivity contribution in [2.24, 2.45) is 5.41 Å². The zero-order valence-corrected chi connectivity index (χ0v) is 23.5. The summed E-state index contributed by atoms with van der Waals surface area (Å²) in [5.74, 6) is -0.246. The quantitative estimate of drug-likeness (QED) is 0.444. The van der Waals surface area contributed by atoms with Crippen molar-refractivity contribution in [1.29, 1.82) is 5.26 Å². The summed E-state index contributed by atoms with van der Waals surface area (Å²) in [6.07, 6.45) is 1.97. The van der Waals surface area contributed by atoms with Gasteiger partial charge in [-0.3, -0.25) is 9.69 Å². The number of Topliss-reactive ketones (excluding diaryl/α,β-unsaturated/α-hetero) is 1. The van der Waals surface area contributed by atoms with Crippen LogP contribution >= 0.6 is 23.2 Å². The van der Waals surface area contributed by atoms with Gasteiger partial charge < -0.3 is 10.1 Å². The predicted octanol–water partition coefficient (Wildman–Crippen LogP) is 6.00. The van der Waals surface area contributed by atoms with E-state index in [0.29, 0.717) is 16.5 Å². The first-order chi connectivity index (χ1) is 17.6. The van der Waals surface area contributed by atoms with Gasteiger partial charge in [0.2, 0.25) is 0 Å². The minimum absolute atomic E-state index is 0.0562. The molecule has 0 saturated carbocycles. The topological polar surface area (TPSA) is 65.4 Å². The van der Waals surface area contributed by atoms with Crippen LogP contribution in [0.3, 0.4) is 0 Å². The van der Waals surface area contributed by atoms with Crippen LogP contribution < -0.4 is 5.32 Å². The second-order valence-electron chi connectivity index (χ2n) is 11.5. The Morgan fingerprint density at radius 3 is 2.46 bits per heavy atom. The third-order valence-electron chi connectivity index (χ3n) is 7.63. The van der Waals surface area contributed by atoms with Crippen molar-refractivity contribution >= 4 is 29.0 Å². The predicted molar refractivity (Wildman–Crippen MR) is 149 cm³/mol. The molecule has 2 fully saturated rings. The summed E-state index contributed by atoms with van der Waals surface area (Å²) in [6.45, 7) is 10.7. The molecule has 0 aliphatic carbocycles. The molecule has 2 saturated heterocycles. The maximum Gasteiger partial charge on any atom is 0.150 e. The molecule has 2 aromatic rings. The van der Waals surface area contributed by atoms with Gasteiger partial charge in [-0.1, -0.05) is 68.2 Å². The Labute approximate surface area is 231 Å². The molecule has 2 aromatic carbocycles. The van der Waals surface area contributed by atoms with E-state index in [9.17, 15) is 10.1 Å². The van der Waals surface area contributed by atoms with Crippen molar-refractivity contribution in [2.75, 3.05) is 32.8 Å². The monoisotopic (exact) mass is 541 g/mol. The number of hydrogen-bond donors (Lipinski definition) is 1. The Balaban J connectivity index is 1.73. The first kappa shape index (κ1) is 28.1. The van der Waals surface area contributed by atoms with Crippen LogP contribution in [0.15, 0.2) is 48.5 Å². The van der Waals surface area contributed by atoms with Gasteiger partial charge in [0, 0.05) is 41.5 Å². The molecular weight excluding hydrogens is 505 g/mol. The maximum absolute atomic E-state index is 13.9. The smallest absolute Gasteiger partial charge is 0.150 e. The summed E-state index contributed by atoms with van der Waals surface area (Å²) in [7, 11) is 0. The van der Waals surface area contributed by atoms with Crippen molar-refractivity contribution < 1.29 is 9.53 Å². The fourth-order valence-corrected chi connectivity index (χ4v) is 6.29.